The number of carbonyl (C=O) groups is 1. The van der Waals surface area contributed by atoms with Gasteiger partial charge in [-0.1, -0.05) is 44.2 Å². The molecule has 0 radical (unpaired) electrons. The van der Waals surface area contributed by atoms with Gasteiger partial charge in [0.05, 0.1) is 12.2 Å². The molecule has 3 aromatic rings. The quantitative estimate of drug-likeness (QED) is 0.782. The molecule has 2 heterocycles. The van der Waals surface area contributed by atoms with E-state index in [1.54, 1.807) is 0 Å². The maximum absolute atomic E-state index is 11.4. The Morgan fingerprint density at radius 3 is 2.59 bits per heavy atom. The van der Waals surface area contributed by atoms with E-state index in [1.807, 2.05) is 29.8 Å². The molecular weight excluding hydrogens is 296 g/mol. The summed E-state index contributed by atoms with van der Waals surface area (Å²) >= 11 is 1.32. The number of aromatic nitrogens is 2. The third kappa shape index (κ3) is 2.41. The Kier molecular flexibility index (Phi) is 3.74. The molecule has 0 aliphatic heterocycles. The van der Waals surface area contributed by atoms with Crippen LogP contribution in [0.25, 0.3) is 10.2 Å². The number of fused-ring (bicyclic) bond motifs is 1. The predicted molar refractivity (Wildman–Crippen MR) is 88.9 cm³/mol. The van der Waals surface area contributed by atoms with Crippen LogP contribution in [0, 0.1) is 6.92 Å². The molecule has 0 saturated carbocycles. The SMILES string of the molecule is Cc1c(C(=O)O)sc2c1c(C(C)C)nn2Cc1ccccc1. The summed E-state index contributed by atoms with van der Waals surface area (Å²) in [7, 11) is 0. The molecule has 22 heavy (non-hydrogen) atoms. The highest BCUT2D eigenvalue weighted by Crippen LogP contribution is 2.36. The molecule has 3 rings (SSSR count). The zero-order valence-corrected chi connectivity index (χ0v) is 13.6. The monoisotopic (exact) mass is 314 g/mol. The van der Waals surface area contributed by atoms with Crippen LogP contribution in [-0.2, 0) is 6.54 Å². The molecule has 4 nitrogen and oxygen atoms in total. The summed E-state index contributed by atoms with van der Waals surface area (Å²) in [5.41, 5.74) is 2.97. The minimum Gasteiger partial charge on any atom is -0.477 e. The largest absolute Gasteiger partial charge is 0.477 e. The molecule has 0 fully saturated rings. The van der Waals surface area contributed by atoms with Gasteiger partial charge >= 0.3 is 5.97 Å². The second kappa shape index (κ2) is 5.57. The highest BCUT2D eigenvalue weighted by molar-refractivity contribution is 7.20. The van der Waals surface area contributed by atoms with Gasteiger partial charge in [0.15, 0.2) is 0 Å². The van der Waals surface area contributed by atoms with Gasteiger partial charge in [0.1, 0.15) is 9.71 Å². The lowest BCUT2D eigenvalue weighted by Gasteiger charge is -2.04. The van der Waals surface area contributed by atoms with Crippen molar-refractivity contribution in [1.82, 2.24) is 9.78 Å². The molecule has 0 amide bonds. The number of nitrogens with zero attached hydrogens (tertiary/aromatic N) is 2. The van der Waals surface area contributed by atoms with Crippen molar-refractivity contribution in [3.8, 4) is 0 Å². The van der Waals surface area contributed by atoms with E-state index in [0.717, 1.165) is 27.0 Å². The van der Waals surface area contributed by atoms with E-state index in [2.05, 4.69) is 26.0 Å². The zero-order chi connectivity index (χ0) is 15.9. The summed E-state index contributed by atoms with van der Waals surface area (Å²) in [4.78, 5) is 12.8. The van der Waals surface area contributed by atoms with Crippen molar-refractivity contribution in [3.05, 3.63) is 52.0 Å². The van der Waals surface area contributed by atoms with E-state index < -0.39 is 5.97 Å². The molecule has 0 unspecified atom stereocenters. The second-order valence-electron chi connectivity index (χ2n) is 5.72. The predicted octanol–water partition coefficient (Wildman–Crippen LogP) is 4.28. The molecule has 0 atom stereocenters. The Labute approximate surface area is 133 Å². The van der Waals surface area contributed by atoms with Gasteiger partial charge in [0, 0.05) is 5.39 Å². The first-order valence-electron chi connectivity index (χ1n) is 7.26. The highest BCUT2D eigenvalue weighted by atomic mass is 32.1. The number of hydrogen-bond donors (Lipinski definition) is 1. The summed E-state index contributed by atoms with van der Waals surface area (Å²) in [5, 5.41) is 15.1. The molecule has 0 spiro atoms. The standard InChI is InChI=1S/C17H18N2O2S/c1-10(2)14-13-11(3)15(17(20)21)22-16(13)19(18-14)9-12-7-5-4-6-8-12/h4-8,10H,9H2,1-3H3,(H,20,21). The molecule has 114 valence electrons. The maximum Gasteiger partial charge on any atom is 0.346 e. The van der Waals surface area contributed by atoms with Crippen LogP contribution in [0.5, 0.6) is 0 Å². The minimum absolute atomic E-state index is 0.259. The van der Waals surface area contributed by atoms with Crippen molar-refractivity contribution in [2.45, 2.75) is 33.2 Å². The molecule has 1 aromatic carbocycles. The van der Waals surface area contributed by atoms with Crippen LogP contribution in [0.4, 0.5) is 0 Å². The van der Waals surface area contributed by atoms with Crippen LogP contribution in [0.1, 0.15) is 46.3 Å². The summed E-state index contributed by atoms with van der Waals surface area (Å²) in [6, 6.07) is 10.1. The van der Waals surface area contributed by atoms with Crippen molar-refractivity contribution < 1.29 is 9.90 Å². The smallest absolute Gasteiger partial charge is 0.346 e. The third-order valence-corrected chi connectivity index (χ3v) is 5.06. The molecular formula is C17H18N2O2S. The van der Waals surface area contributed by atoms with Gasteiger partial charge < -0.3 is 5.11 Å². The lowest BCUT2D eigenvalue weighted by Crippen LogP contribution is -2.02. The number of carboxylic acids is 1. The van der Waals surface area contributed by atoms with E-state index in [0.29, 0.717) is 11.4 Å². The van der Waals surface area contributed by atoms with Crippen LogP contribution in [-0.4, -0.2) is 20.9 Å². The lowest BCUT2D eigenvalue weighted by molar-refractivity contribution is 0.0701. The molecule has 2 aromatic heterocycles. The number of thiophene rings is 1. The van der Waals surface area contributed by atoms with Gasteiger partial charge in [-0.25, -0.2) is 4.79 Å². The van der Waals surface area contributed by atoms with Crippen molar-refractivity contribution in [2.24, 2.45) is 0 Å². The maximum atomic E-state index is 11.4. The summed E-state index contributed by atoms with van der Waals surface area (Å²) in [5.74, 6) is -0.603. The van der Waals surface area contributed by atoms with Crippen LogP contribution in [0.3, 0.4) is 0 Å². The number of hydrogen-bond acceptors (Lipinski definition) is 3. The van der Waals surface area contributed by atoms with Gasteiger partial charge in [0.25, 0.3) is 0 Å². The zero-order valence-electron chi connectivity index (χ0n) is 12.8. The number of carboxylic acid groups (broad SMARTS) is 1. The molecule has 0 bridgehead atoms. The minimum atomic E-state index is -0.861. The van der Waals surface area contributed by atoms with Crippen molar-refractivity contribution in [1.29, 1.82) is 0 Å². The number of aromatic carboxylic acids is 1. The number of rotatable bonds is 4. The summed E-state index contributed by atoms with van der Waals surface area (Å²) in [6.45, 7) is 6.71. The summed E-state index contributed by atoms with van der Waals surface area (Å²) in [6.07, 6.45) is 0. The number of aryl methyl sites for hydroxylation is 1. The van der Waals surface area contributed by atoms with Crippen LogP contribution in [0.2, 0.25) is 0 Å². The summed E-state index contributed by atoms with van der Waals surface area (Å²) < 4.78 is 1.93. The normalized spacial score (nSPS) is 11.5. The average Bonchev–Trinajstić information content (AvgIpc) is 2.99. The van der Waals surface area contributed by atoms with Gasteiger partial charge in [-0.3, -0.25) is 4.68 Å². The molecule has 1 N–H and O–H groups in total. The topological polar surface area (TPSA) is 55.1 Å². The Balaban J connectivity index is 2.18. The van der Waals surface area contributed by atoms with E-state index in [9.17, 15) is 9.90 Å². The van der Waals surface area contributed by atoms with Gasteiger partial charge in [-0.15, -0.1) is 11.3 Å². The Morgan fingerprint density at radius 2 is 2.00 bits per heavy atom. The third-order valence-electron chi connectivity index (χ3n) is 3.76. The van der Waals surface area contributed by atoms with Crippen LogP contribution < -0.4 is 0 Å². The molecule has 0 aliphatic rings. The van der Waals surface area contributed by atoms with Crippen molar-refractivity contribution in [3.63, 3.8) is 0 Å². The van der Waals surface area contributed by atoms with E-state index in [4.69, 9.17) is 5.10 Å². The van der Waals surface area contributed by atoms with Gasteiger partial charge in [-0.05, 0) is 24.0 Å². The van der Waals surface area contributed by atoms with Crippen molar-refractivity contribution in [2.75, 3.05) is 0 Å². The Hall–Kier alpha value is -2.14. The van der Waals surface area contributed by atoms with E-state index in [1.165, 1.54) is 11.3 Å². The second-order valence-corrected chi connectivity index (χ2v) is 6.72. The first kappa shape index (κ1) is 14.8. The van der Waals surface area contributed by atoms with E-state index >= 15 is 0 Å². The van der Waals surface area contributed by atoms with Gasteiger partial charge in [0.2, 0.25) is 0 Å². The fraction of sp³-hybridized carbons (Fsp3) is 0.294. The molecule has 5 heteroatoms. The first-order valence-corrected chi connectivity index (χ1v) is 8.07. The first-order chi connectivity index (χ1) is 10.5. The van der Waals surface area contributed by atoms with Gasteiger partial charge in [-0.2, -0.15) is 5.10 Å². The lowest BCUT2D eigenvalue weighted by atomic mass is 10.1. The van der Waals surface area contributed by atoms with Crippen molar-refractivity contribution >= 4 is 27.5 Å². The molecule has 0 aliphatic carbocycles. The Morgan fingerprint density at radius 1 is 1.32 bits per heavy atom. The van der Waals surface area contributed by atoms with Crippen LogP contribution >= 0.6 is 11.3 Å². The fourth-order valence-corrected chi connectivity index (χ4v) is 3.79. The fourth-order valence-electron chi connectivity index (χ4n) is 2.68. The van der Waals surface area contributed by atoms with E-state index in [-0.39, 0.29) is 5.92 Å². The average molecular weight is 314 g/mol. The molecule has 0 saturated heterocycles. The Bertz CT molecular complexity index is 831. The number of benzene rings is 1. The highest BCUT2D eigenvalue weighted by Gasteiger charge is 2.23. The van der Waals surface area contributed by atoms with Crippen LogP contribution in [0.15, 0.2) is 30.3 Å².